The molecule has 1 heterocycles. The maximum Gasteiger partial charge on any atom is 0.417 e. The first-order valence-corrected chi connectivity index (χ1v) is 13.4. The first-order chi connectivity index (χ1) is 19.8. The smallest absolute Gasteiger partial charge is 0.417 e. The fourth-order valence-electron chi connectivity index (χ4n) is 4.66. The van der Waals surface area contributed by atoms with Crippen molar-refractivity contribution in [2.75, 3.05) is 27.3 Å². The Morgan fingerprint density at radius 2 is 1.64 bits per heavy atom. The Hall–Kier alpha value is -4.02. The van der Waals surface area contributed by atoms with Crippen LogP contribution < -0.4 is 0 Å². The number of ether oxygens (including phenoxy) is 2. The predicted molar refractivity (Wildman–Crippen MR) is 153 cm³/mol. The minimum Gasteiger partial charge on any atom is -0.459 e. The number of esters is 1. The number of alkyl halides is 3. The van der Waals surface area contributed by atoms with Crippen LogP contribution in [0.1, 0.15) is 43.5 Å². The second-order valence-corrected chi connectivity index (χ2v) is 11.1. The van der Waals surface area contributed by atoms with Gasteiger partial charge in [-0.3, -0.25) is 9.69 Å². The first-order valence-electron chi connectivity index (χ1n) is 13.4. The molecule has 4 rings (SSSR count). The molecule has 1 unspecified atom stereocenters. The summed E-state index contributed by atoms with van der Waals surface area (Å²) in [6.07, 6.45) is -4.58. The minimum atomic E-state index is -4.58. The summed E-state index contributed by atoms with van der Waals surface area (Å²) in [5, 5.41) is 4.01. The third-order valence-corrected chi connectivity index (χ3v) is 6.64. The van der Waals surface area contributed by atoms with Crippen molar-refractivity contribution in [2.45, 2.75) is 45.5 Å². The topological polar surface area (TPSA) is 77.7 Å². The molecule has 42 heavy (non-hydrogen) atoms. The predicted octanol–water partition coefficient (Wildman–Crippen LogP) is 7.36. The monoisotopic (exact) mass is 581 g/mol. The quantitative estimate of drug-likeness (QED) is 0.191. The number of benzene rings is 3. The highest BCUT2D eigenvalue weighted by molar-refractivity contribution is 5.75. The van der Waals surface area contributed by atoms with Crippen LogP contribution in [0.2, 0.25) is 0 Å². The zero-order valence-corrected chi connectivity index (χ0v) is 24.5. The molecule has 0 N–H and O–H groups in total. The molecular formula is C32H34F3N3O4. The van der Waals surface area contributed by atoms with Crippen LogP contribution in [0.5, 0.6) is 0 Å². The van der Waals surface area contributed by atoms with Crippen LogP contribution in [0.25, 0.3) is 34.0 Å². The number of rotatable bonds is 9. The molecule has 222 valence electrons. The fraction of sp³-hybridized carbons (Fsp3) is 0.344. The summed E-state index contributed by atoms with van der Waals surface area (Å²) in [6, 6.07) is 18.0. The normalized spacial score (nSPS) is 12.9. The Morgan fingerprint density at radius 1 is 0.976 bits per heavy atom. The third kappa shape index (κ3) is 7.43. The molecule has 0 saturated carbocycles. The van der Waals surface area contributed by atoms with Crippen LogP contribution in [0.3, 0.4) is 0 Å². The van der Waals surface area contributed by atoms with Crippen molar-refractivity contribution in [2.24, 2.45) is 0 Å². The number of halogens is 3. The summed E-state index contributed by atoms with van der Waals surface area (Å²) < 4.78 is 58.5. The lowest BCUT2D eigenvalue weighted by atomic mass is 9.94. The molecule has 0 aliphatic heterocycles. The third-order valence-electron chi connectivity index (χ3n) is 6.64. The number of carbonyl (C=O) groups is 1. The average Bonchev–Trinajstić information content (AvgIpc) is 3.41. The minimum absolute atomic E-state index is 0.0229. The van der Waals surface area contributed by atoms with Gasteiger partial charge in [-0.05, 0) is 69.1 Å². The highest BCUT2D eigenvalue weighted by Crippen LogP contribution is 2.40. The summed E-state index contributed by atoms with van der Waals surface area (Å²) >= 11 is 0. The molecule has 0 spiro atoms. The standard InChI is InChI=1S/C32H34F3N3O4/c1-20-9-7-8-10-24(20)25-16-15-23(17-26(25)32(33,34)35)30-36-29(37-42-30)22-13-11-21(12-14-22)27(19-40-6)38(5)18-28(39)41-31(2,3)4/h7-17,27H,18-19H2,1-6H3. The van der Waals surface area contributed by atoms with Gasteiger partial charge in [0.05, 0.1) is 24.8 Å². The van der Waals surface area contributed by atoms with Crippen molar-refractivity contribution < 1.29 is 32.0 Å². The van der Waals surface area contributed by atoms with Gasteiger partial charge >= 0.3 is 12.1 Å². The molecule has 0 radical (unpaired) electrons. The van der Waals surface area contributed by atoms with E-state index in [4.69, 9.17) is 14.0 Å². The molecule has 0 aliphatic rings. The summed E-state index contributed by atoms with van der Waals surface area (Å²) in [5.41, 5.74) is 1.63. The molecule has 0 amide bonds. The number of hydrogen-bond acceptors (Lipinski definition) is 7. The number of aryl methyl sites for hydroxylation is 1. The molecule has 3 aromatic carbocycles. The van der Waals surface area contributed by atoms with Crippen LogP contribution in [0.15, 0.2) is 71.3 Å². The molecule has 7 nitrogen and oxygen atoms in total. The number of methoxy groups -OCH3 is 1. The van der Waals surface area contributed by atoms with Crippen molar-refractivity contribution in [1.82, 2.24) is 15.0 Å². The highest BCUT2D eigenvalue weighted by atomic mass is 19.4. The summed E-state index contributed by atoms with van der Waals surface area (Å²) in [4.78, 5) is 18.6. The molecule has 0 fully saturated rings. The Bertz CT molecular complexity index is 1530. The largest absolute Gasteiger partial charge is 0.459 e. The fourth-order valence-corrected chi connectivity index (χ4v) is 4.66. The number of hydrogen-bond donors (Lipinski definition) is 0. The summed E-state index contributed by atoms with van der Waals surface area (Å²) in [5.74, 6) is -0.133. The average molecular weight is 582 g/mol. The molecule has 10 heteroatoms. The van der Waals surface area contributed by atoms with E-state index < -0.39 is 17.3 Å². The van der Waals surface area contributed by atoms with Crippen molar-refractivity contribution >= 4 is 5.97 Å². The van der Waals surface area contributed by atoms with Gasteiger partial charge in [0.2, 0.25) is 5.82 Å². The van der Waals surface area contributed by atoms with E-state index in [1.54, 1.807) is 56.5 Å². The van der Waals surface area contributed by atoms with Gasteiger partial charge in [0.25, 0.3) is 5.89 Å². The van der Waals surface area contributed by atoms with Crippen molar-refractivity contribution in [3.63, 3.8) is 0 Å². The van der Waals surface area contributed by atoms with Crippen LogP contribution in [-0.2, 0) is 20.4 Å². The van der Waals surface area contributed by atoms with Gasteiger partial charge in [0.1, 0.15) is 5.60 Å². The van der Waals surface area contributed by atoms with Crippen LogP contribution in [0, 0.1) is 6.92 Å². The molecule has 0 bridgehead atoms. The maximum atomic E-state index is 14.1. The van der Waals surface area contributed by atoms with E-state index in [1.807, 2.05) is 44.9 Å². The molecular weight excluding hydrogens is 547 g/mol. The van der Waals surface area contributed by atoms with Gasteiger partial charge in [0, 0.05) is 18.2 Å². The SMILES string of the molecule is COCC(c1ccc(-c2noc(-c3ccc(-c4ccccc4C)c(C(F)(F)F)c3)n2)cc1)N(C)CC(=O)OC(C)(C)C. The van der Waals surface area contributed by atoms with Crippen LogP contribution in [-0.4, -0.2) is 53.9 Å². The number of aromatic nitrogens is 2. The number of nitrogens with zero attached hydrogens (tertiary/aromatic N) is 3. The second kappa shape index (κ2) is 12.5. The lowest BCUT2D eigenvalue weighted by molar-refractivity contribution is -0.156. The summed E-state index contributed by atoms with van der Waals surface area (Å²) in [6.45, 7) is 7.63. The molecule has 1 atom stereocenters. The second-order valence-electron chi connectivity index (χ2n) is 11.1. The molecule has 4 aromatic rings. The van der Waals surface area contributed by atoms with Crippen LogP contribution in [0.4, 0.5) is 13.2 Å². The van der Waals surface area contributed by atoms with E-state index in [2.05, 4.69) is 10.1 Å². The Kier molecular flexibility index (Phi) is 9.18. The Labute approximate surface area is 243 Å². The van der Waals surface area contributed by atoms with E-state index in [0.29, 0.717) is 17.7 Å². The number of carbonyl (C=O) groups excluding carboxylic acids is 1. The van der Waals surface area contributed by atoms with E-state index in [9.17, 15) is 18.0 Å². The van der Waals surface area contributed by atoms with Crippen molar-refractivity contribution in [3.05, 3.63) is 83.4 Å². The Balaban J connectivity index is 1.57. The van der Waals surface area contributed by atoms with E-state index in [1.165, 1.54) is 6.07 Å². The van der Waals surface area contributed by atoms with Gasteiger partial charge in [0.15, 0.2) is 0 Å². The van der Waals surface area contributed by atoms with Crippen molar-refractivity contribution in [3.8, 4) is 34.0 Å². The van der Waals surface area contributed by atoms with E-state index in [-0.39, 0.29) is 41.4 Å². The van der Waals surface area contributed by atoms with Gasteiger partial charge < -0.3 is 14.0 Å². The molecule has 0 aliphatic carbocycles. The number of likely N-dealkylation sites (N-methyl/N-ethyl adjacent to an activating group) is 1. The molecule has 0 saturated heterocycles. The zero-order valence-electron chi connectivity index (χ0n) is 24.5. The summed E-state index contributed by atoms with van der Waals surface area (Å²) in [7, 11) is 3.40. The van der Waals surface area contributed by atoms with Gasteiger partial charge in [-0.1, -0.05) is 59.8 Å². The first kappa shape index (κ1) is 30.9. The highest BCUT2D eigenvalue weighted by Gasteiger charge is 2.35. The van der Waals surface area contributed by atoms with Gasteiger partial charge in [-0.15, -0.1) is 0 Å². The molecule has 1 aromatic heterocycles. The van der Waals surface area contributed by atoms with Crippen molar-refractivity contribution in [1.29, 1.82) is 0 Å². The zero-order chi connectivity index (χ0) is 30.7. The Morgan fingerprint density at radius 3 is 2.26 bits per heavy atom. The van der Waals surface area contributed by atoms with E-state index in [0.717, 1.165) is 17.2 Å². The van der Waals surface area contributed by atoms with Gasteiger partial charge in [-0.2, -0.15) is 18.2 Å². The maximum absolute atomic E-state index is 14.1. The lowest BCUT2D eigenvalue weighted by Crippen LogP contribution is -2.36. The van der Waals surface area contributed by atoms with Crippen LogP contribution >= 0.6 is 0 Å². The van der Waals surface area contributed by atoms with E-state index >= 15 is 0 Å². The van der Waals surface area contributed by atoms with Gasteiger partial charge in [-0.25, -0.2) is 0 Å². The lowest BCUT2D eigenvalue weighted by Gasteiger charge is -2.28.